The highest BCUT2D eigenvalue weighted by Gasteiger charge is 2.34. The Morgan fingerprint density at radius 1 is 1.28 bits per heavy atom. The van der Waals surface area contributed by atoms with Crippen LogP contribution in [0.5, 0.6) is 5.75 Å². The molecule has 1 aliphatic rings. The lowest BCUT2D eigenvalue weighted by Gasteiger charge is -2.28. The fourth-order valence-corrected chi connectivity index (χ4v) is 3.62. The van der Waals surface area contributed by atoms with Gasteiger partial charge in [0.1, 0.15) is 18.1 Å². The van der Waals surface area contributed by atoms with Crippen LogP contribution in [0.25, 0.3) is 0 Å². The van der Waals surface area contributed by atoms with E-state index in [2.05, 4.69) is 10.6 Å². The molecule has 1 fully saturated rings. The summed E-state index contributed by atoms with van der Waals surface area (Å²) in [5.41, 5.74) is 6.46. The lowest BCUT2D eigenvalue weighted by atomic mass is 10.0. The number of phenols is 1. The first-order valence-corrected chi connectivity index (χ1v) is 10.2. The molecule has 2 rings (SSSR count). The van der Waals surface area contributed by atoms with E-state index in [0.29, 0.717) is 32.4 Å². The smallest absolute Gasteiger partial charge is 0.245 e. The summed E-state index contributed by atoms with van der Waals surface area (Å²) in [6.07, 6.45) is 4.66. The number of carbonyl (C=O) groups excluding carboxylic acids is 3. The number of rotatable bonds is 11. The molecule has 2 amide bonds. The van der Waals surface area contributed by atoms with E-state index < -0.39 is 18.1 Å². The molecule has 0 spiro atoms. The predicted molar refractivity (Wildman–Crippen MR) is 110 cm³/mol. The van der Waals surface area contributed by atoms with Crippen molar-refractivity contribution in [3.05, 3.63) is 29.8 Å². The van der Waals surface area contributed by atoms with Gasteiger partial charge in [-0.3, -0.25) is 9.59 Å². The Morgan fingerprint density at radius 3 is 2.62 bits per heavy atom. The summed E-state index contributed by atoms with van der Waals surface area (Å²) in [5.74, 6) is -0.307. The van der Waals surface area contributed by atoms with Gasteiger partial charge < -0.3 is 31.2 Å². The third kappa shape index (κ3) is 6.54. The van der Waals surface area contributed by atoms with Gasteiger partial charge in [0.05, 0.1) is 12.1 Å². The van der Waals surface area contributed by atoms with Crippen LogP contribution < -0.4 is 16.4 Å². The van der Waals surface area contributed by atoms with Crippen LogP contribution in [0.3, 0.4) is 0 Å². The van der Waals surface area contributed by atoms with Gasteiger partial charge >= 0.3 is 0 Å². The average molecular weight is 405 g/mol. The number of benzene rings is 1. The van der Waals surface area contributed by atoms with E-state index in [-0.39, 0.29) is 17.6 Å². The van der Waals surface area contributed by atoms with E-state index in [9.17, 15) is 19.5 Å². The summed E-state index contributed by atoms with van der Waals surface area (Å²) in [4.78, 5) is 38.8. The molecule has 8 nitrogen and oxygen atoms in total. The van der Waals surface area contributed by atoms with Crippen LogP contribution in [0.1, 0.15) is 37.7 Å². The molecule has 0 saturated carbocycles. The van der Waals surface area contributed by atoms with E-state index in [1.54, 1.807) is 36.2 Å². The Balaban J connectivity index is 2.06. The maximum atomic E-state index is 13.0. The van der Waals surface area contributed by atoms with Crippen LogP contribution in [0.2, 0.25) is 0 Å². The van der Waals surface area contributed by atoms with Gasteiger partial charge in [-0.25, -0.2) is 0 Å². The Labute approximate surface area is 171 Å². The van der Waals surface area contributed by atoms with Gasteiger partial charge in [-0.2, -0.15) is 0 Å². The van der Waals surface area contributed by atoms with Crippen molar-refractivity contribution in [1.82, 2.24) is 15.5 Å². The standard InChI is InChI=1S/C21H32N4O4/c1-23-19(13-15-7-9-17(27)10-8-15)20(28)24-18(6-2-3-11-22)21(29)25-12-4-5-16(25)14-26/h7-10,14,16,18-19,23,27H,2-6,11-13,22H2,1H3,(H,24,28)/t16-,18-,19-/m0/s1. The van der Waals surface area contributed by atoms with E-state index in [1.165, 1.54) is 0 Å². The van der Waals surface area contributed by atoms with E-state index in [0.717, 1.165) is 31.1 Å². The average Bonchev–Trinajstić information content (AvgIpc) is 3.21. The Kier molecular flexibility index (Phi) is 9.08. The number of nitrogens with one attached hydrogen (secondary N) is 2. The second kappa shape index (κ2) is 11.5. The largest absolute Gasteiger partial charge is 0.508 e. The van der Waals surface area contributed by atoms with Crippen LogP contribution in [0, 0.1) is 0 Å². The van der Waals surface area contributed by atoms with E-state index in [4.69, 9.17) is 5.73 Å². The molecular weight excluding hydrogens is 372 g/mol. The Hall–Kier alpha value is -2.45. The molecule has 29 heavy (non-hydrogen) atoms. The number of nitrogens with zero attached hydrogens (tertiary/aromatic N) is 1. The molecule has 0 aromatic heterocycles. The van der Waals surface area contributed by atoms with Gasteiger partial charge in [0.2, 0.25) is 11.8 Å². The highest BCUT2D eigenvalue weighted by Crippen LogP contribution is 2.18. The number of likely N-dealkylation sites (tertiary alicyclic amines) is 1. The van der Waals surface area contributed by atoms with Gasteiger partial charge in [-0.05, 0) is 69.8 Å². The molecule has 0 bridgehead atoms. The first-order chi connectivity index (χ1) is 14.0. The summed E-state index contributed by atoms with van der Waals surface area (Å²) in [6.45, 7) is 1.06. The van der Waals surface area contributed by atoms with Crippen molar-refractivity contribution in [1.29, 1.82) is 0 Å². The minimum Gasteiger partial charge on any atom is -0.508 e. The fraction of sp³-hybridized carbons (Fsp3) is 0.571. The zero-order chi connectivity index (χ0) is 21.2. The molecule has 5 N–H and O–H groups in total. The van der Waals surface area contributed by atoms with E-state index in [1.807, 2.05) is 0 Å². The van der Waals surface area contributed by atoms with Crippen molar-refractivity contribution in [2.75, 3.05) is 20.1 Å². The van der Waals surface area contributed by atoms with Crippen molar-refractivity contribution >= 4 is 18.1 Å². The monoisotopic (exact) mass is 404 g/mol. The number of unbranched alkanes of at least 4 members (excludes halogenated alkanes) is 1. The third-order valence-electron chi connectivity index (χ3n) is 5.34. The normalized spacial score (nSPS) is 18.3. The van der Waals surface area contributed by atoms with Crippen molar-refractivity contribution < 1.29 is 19.5 Å². The van der Waals surface area contributed by atoms with Crippen LogP contribution in [0.4, 0.5) is 0 Å². The zero-order valence-corrected chi connectivity index (χ0v) is 17.0. The number of hydrogen-bond donors (Lipinski definition) is 4. The Bertz CT molecular complexity index is 680. The maximum Gasteiger partial charge on any atom is 0.245 e. The number of carbonyl (C=O) groups is 3. The summed E-state index contributed by atoms with van der Waals surface area (Å²) in [7, 11) is 1.69. The minimum absolute atomic E-state index is 0.167. The number of aromatic hydroxyl groups is 1. The van der Waals surface area contributed by atoms with Gasteiger partial charge in [0.15, 0.2) is 0 Å². The third-order valence-corrected chi connectivity index (χ3v) is 5.34. The number of aldehydes is 1. The second-order valence-corrected chi connectivity index (χ2v) is 7.43. The quantitative estimate of drug-likeness (QED) is 0.311. The minimum atomic E-state index is -0.676. The van der Waals surface area contributed by atoms with Crippen molar-refractivity contribution in [2.45, 2.75) is 56.7 Å². The summed E-state index contributed by atoms with van der Waals surface area (Å²) < 4.78 is 0. The lowest BCUT2D eigenvalue weighted by Crippen LogP contribution is -2.54. The highest BCUT2D eigenvalue weighted by atomic mass is 16.3. The second-order valence-electron chi connectivity index (χ2n) is 7.43. The zero-order valence-electron chi connectivity index (χ0n) is 17.0. The number of likely N-dealkylation sites (N-methyl/N-ethyl adjacent to an activating group) is 1. The molecule has 3 atom stereocenters. The molecule has 0 aliphatic carbocycles. The molecule has 1 aromatic carbocycles. The van der Waals surface area contributed by atoms with Gasteiger partial charge in [0, 0.05) is 6.54 Å². The van der Waals surface area contributed by atoms with Crippen LogP contribution in [0.15, 0.2) is 24.3 Å². The first-order valence-electron chi connectivity index (χ1n) is 10.2. The Morgan fingerprint density at radius 2 is 2.00 bits per heavy atom. The summed E-state index contributed by atoms with van der Waals surface area (Å²) in [6, 6.07) is 5.06. The highest BCUT2D eigenvalue weighted by molar-refractivity contribution is 5.91. The van der Waals surface area contributed by atoms with Crippen LogP contribution in [-0.4, -0.2) is 66.4 Å². The number of nitrogens with two attached hydrogens (primary N) is 1. The van der Waals surface area contributed by atoms with Crippen molar-refractivity contribution in [2.24, 2.45) is 5.73 Å². The molecule has 1 aliphatic heterocycles. The maximum absolute atomic E-state index is 13.0. The molecule has 0 unspecified atom stereocenters. The molecule has 0 radical (unpaired) electrons. The molecule has 1 aromatic rings. The predicted octanol–water partition coefficient (Wildman–Crippen LogP) is 0.326. The van der Waals surface area contributed by atoms with Crippen molar-refractivity contribution in [3.8, 4) is 5.75 Å². The van der Waals surface area contributed by atoms with E-state index >= 15 is 0 Å². The summed E-state index contributed by atoms with van der Waals surface area (Å²) >= 11 is 0. The molecule has 1 saturated heterocycles. The molecule has 1 heterocycles. The molecule has 160 valence electrons. The van der Waals surface area contributed by atoms with Gasteiger partial charge in [-0.1, -0.05) is 12.1 Å². The summed E-state index contributed by atoms with van der Waals surface area (Å²) in [5, 5.41) is 15.3. The lowest BCUT2D eigenvalue weighted by molar-refractivity contribution is -0.139. The van der Waals surface area contributed by atoms with Crippen LogP contribution in [-0.2, 0) is 20.8 Å². The fourth-order valence-electron chi connectivity index (χ4n) is 3.62. The van der Waals surface area contributed by atoms with Gasteiger partial charge in [0.25, 0.3) is 0 Å². The molecule has 8 heteroatoms. The first kappa shape index (κ1) is 22.8. The molecular formula is C21H32N4O4. The van der Waals surface area contributed by atoms with Crippen molar-refractivity contribution in [3.63, 3.8) is 0 Å². The van der Waals surface area contributed by atoms with Crippen LogP contribution >= 0.6 is 0 Å². The number of amides is 2. The topological polar surface area (TPSA) is 125 Å². The SMILES string of the molecule is CN[C@@H](Cc1ccc(O)cc1)C(=O)N[C@@H](CCCCN)C(=O)N1CCC[C@H]1C=O. The van der Waals surface area contributed by atoms with Gasteiger partial charge in [-0.15, -0.1) is 0 Å². The number of hydrogen-bond acceptors (Lipinski definition) is 6. The number of phenolic OH excluding ortho intramolecular Hbond substituents is 1.